The summed E-state index contributed by atoms with van der Waals surface area (Å²) in [5.41, 5.74) is 12.9. The first kappa shape index (κ1) is 29.8. The predicted octanol–water partition coefficient (Wildman–Crippen LogP) is 2.75. The summed E-state index contributed by atoms with van der Waals surface area (Å²) >= 11 is 0. The maximum absolute atomic E-state index is 13.3. The van der Waals surface area contributed by atoms with Crippen LogP contribution in [0.4, 0.5) is 17.3 Å². The SMILES string of the molecule is CCn1nc(C)cc1C(=O)Nc1nc2cc(C(N)=O)cc3c2n1[C@H](CCCNc1c(OC)cc(C(N)=O)cc1[N+](=O)[O-])CO3. The number of aromatic nitrogens is 4. The number of ether oxygens (including phenoxy) is 2. The summed E-state index contributed by atoms with van der Waals surface area (Å²) in [5.74, 6) is -1.09. The number of methoxy groups -OCH3 is 1. The van der Waals surface area contributed by atoms with Crippen LogP contribution in [0.3, 0.4) is 0 Å². The van der Waals surface area contributed by atoms with Gasteiger partial charge in [-0.05, 0) is 51.0 Å². The second-order valence-electron chi connectivity index (χ2n) is 10.2. The van der Waals surface area contributed by atoms with Crippen LogP contribution in [0.1, 0.15) is 62.7 Å². The molecule has 6 N–H and O–H groups in total. The summed E-state index contributed by atoms with van der Waals surface area (Å²) in [6.45, 7) is 4.67. The van der Waals surface area contributed by atoms with Gasteiger partial charge in [0.2, 0.25) is 17.8 Å². The Morgan fingerprint density at radius 3 is 2.55 bits per heavy atom. The fourth-order valence-electron chi connectivity index (χ4n) is 5.27. The summed E-state index contributed by atoms with van der Waals surface area (Å²) in [6, 6.07) is 6.92. The molecular weight excluding hydrogens is 574 g/mol. The van der Waals surface area contributed by atoms with Crippen LogP contribution in [0.15, 0.2) is 30.3 Å². The molecule has 0 spiro atoms. The second kappa shape index (κ2) is 11.9. The molecular formula is C28H31N9O7. The van der Waals surface area contributed by atoms with E-state index in [0.717, 1.165) is 6.07 Å². The molecule has 1 atom stereocenters. The van der Waals surface area contributed by atoms with Crippen molar-refractivity contribution in [3.63, 3.8) is 0 Å². The molecule has 1 aliphatic rings. The standard InChI is InChI=1S/C28H31N9O7/c1-4-35-20(8-14(2)34-35)27(40)33-28-32-18-9-15(25(29)38)12-22-24(18)36(28)17(13-44-22)6-5-7-31-23-19(37(41)42)10-16(26(30)39)11-21(23)43-3/h8-12,17,31H,4-7,13H2,1-3H3,(H2,29,38)(H2,30,39)(H,32,33,40)/t17-/m1/s1. The first-order valence-corrected chi connectivity index (χ1v) is 13.8. The van der Waals surface area contributed by atoms with Crippen LogP contribution < -0.4 is 31.6 Å². The van der Waals surface area contributed by atoms with E-state index < -0.39 is 22.6 Å². The van der Waals surface area contributed by atoms with Crippen molar-refractivity contribution in [1.82, 2.24) is 19.3 Å². The van der Waals surface area contributed by atoms with Crippen molar-refractivity contribution in [2.45, 2.75) is 39.3 Å². The summed E-state index contributed by atoms with van der Waals surface area (Å²) < 4.78 is 14.8. The summed E-state index contributed by atoms with van der Waals surface area (Å²) in [6.07, 6.45) is 1.02. The van der Waals surface area contributed by atoms with Crippen molar-refractivity contribution in [3.8, 4) is 11.5 Å². The van der Waals surface area contributed by atoms with Gasteiger partial charge in [-0.2, -0.15) is 5.10 Å². The van der Waals surface area contributed by atoms with E-state index in [1.165, 1.54) is 13.2 Å². The second-order valence-corrected chi connectivity index (χ2v) is 10.2. The molecule has 0 saturated carbocycles. The number of hydrogen-bond acceptors (Lipinski definition) is 10. The topological polar surface area (TPSA) is 225 Å². The molecule has 0 fully saturated rings. The Morgan fingerprint density at radius 1 is 1.16 bits per heavy atom. The number of nitro groups is 1. The number of nitro benzene ring substituents is 1. The molecule has 16 nitrogen and oxygen atoms in total. The molecule has 0 unspecified atom stereocenters. The predicted molar refractivity (Wildman–Crippen MR) is 159 cm³/mol. The number of carbonyl (C=O) groups is 3. The molecule has 44 heavy (non-hydrogen) atoms. The molecule has 0 radical (unpaired) electrons. The number of benzene rings is 2. The number of primary amides is 2. The Morgan fingerprint density at radius 2 is 1.89 bits per heavy atom. The van der Waals surface area contributed by atoms with Crippen molar-refractivity contribution in [2.75, 3.05) is 30.9 Å². The minimum absolute atomic E-state index is 0.0486. The molecule has 0 saturated heterocycles. The number of amides is 3. The normalized spacial score (nSPS) is 13.8. The highest BCUT2D eigenvalue weighted by Gasteiger charge is 2.30. The Labute approximate surface area is 250 Å². The van der Waals surface area contributed by atoms with Gasteiger partial charge >= 0.3 is 0 Å². The summed E-state index contributed by atoms with van der Waals surface area (Å²) in [7, 11) is 1.34. The lowest BCUT2D eigenvalue weighted by atomic mass is 10.1. The first-order chi connectivity index (χ1) is 21.0. The first-order valence-electron chi connectivity index (χ1n) is 13.8. The maximum atomic E-state index is 13.3. The van der Waals surface area contributed by atoms with Gasteiger partial charge in [0, 0.05) is 30.3 Å². The van der Waals surface area contributed by atoms with Crippen LogP contribution in [-0.4, -0.2) is 62.2 Å². The van der Waals surface area contributed by atoms with E-state index in [4.69, 9.17) is 20.9 Å². The van der Waals surface area contributed by atoms with Gasteiger partial charge in [0.25, 0.3) is 11.6 Å². The monoisotopic (exact) mass is 605 g/mol. The summed E-state index contributed by atoms with van der Waals surface area (Å²) in [4.78, 5) is 52.7. The number of nitrogens with one attached hydrogen (secondary N) is 2. The third-order valence-corrected chi connectivity index (χ3v) is 7.29. The molecule has 0 aliphatic carbocycles. The zero-order valence-electron chi connectivity index (χ0n) is 24.2. The number of imidazole rings is 1. The fourth-order valence-corrected chi connectivity index (χ4v) is 5.27. The number of nitrogens with zero attached hydrogens (tertiary/aromatic N) is 5. The molecule has 4 aromatic rings. The number of rotatable bonds is 12. The molecule has 3 amide bonds. The number of hydrogen-bond donors (Lipinski definition) is 4. The third-order valence-electron chi connectivity index (χ3n) is 7.29. The average Bonchev–Trinajstić information content (AvgIpc) is 3.56. The van der Waals surface area contributed by atoms with E-state index >= 15 is 0 Å². The van der Waals surface area contributed by atoms with Crippen molar-refractivity contribution in [3.05, 3.63) is 63.0 Å². The van der Waals surface area contributed by atoms with Crippen LogP contribution in [-0.2, 0) is 6.54 Å². The Bertz CT molecular complexity index is 1810. The van der Waals surface area contributed by atoms with Gasteiger partial charge in [-0.3, -0.25) is 34.5 Å². The van der Waals surface area contributed by atoms with E-state index in [9.17, 15) is 24.5 Å². The lowest BCUT2D eigenvalue weighted by Crippen LogP contribution is -2.26. The molecule has 3 heterocycles. The van der Waals surface area contributed by atoms with Gasteiger partial charge in [0.1, 0.15) is 29.3 Å². The average molecular weight is 606 g/mol. The zero-order chi connectivity index (χ0) is 31.7. The van der Waals surface area contributed by atoms with Gasteiger partial charge in [-0.1, -0.05) is 0 Å². The number of anilines is 2. The minimum Gasteiger partial charge on any atom is -0.494 e. The third kappa shape index (κ3) is 5.56. The molecule has 16 heteroatoms. The van der Waals surface area contributed by atoms with E-state index in [2.05, 4.69) is 20.7 Å². The van der Waals surface area contributed by atoms with E-state index in [0.29, 0.717) is 54.1 Å². The lowest BCUT2D eigenvalue weighted by molar-refractivity contribution is -0.384. The van der Waals surface area contributed by atoms with Crippen molar-refractivity contribution in [1.29, 1.82) is 0 Å². The van der Waals surface area contributed by atoms with Crippen LogP contribution >= 0.6 is 0 Å². The van der Waals surface area contributed by atoms with Gasteiger partial charge in [0.05, 0.1) is 29.3 Å². The van der Waals surface area contributed by atoms with Gasteiger partial charge in [-0.25, -0.2) is 4.98 Å². The van der Waals surface area contributed by atoms with E-state index in [1.54, 1.807) is 29.8 Å². The van der Waals surface area contributed by atoms with E-state index in [1.807, 2.05) is 11.5 Å². The van der Waals surface area contributed by atoms with E-state index in [-0.39, 0.29) is 46.8 Å². The Kier molecular flexibility index (Phi) is 8.07. The molecule has 5 rings (SSSR count). The number of aryl methyl sites for hydroxylation is 2. The van der Waals surface area contributed by atoms with Gasteiger partial charge in [0.15, 0.2) is 5.69 Å². The van der Waals surface area contributed by atoms with Crippen LogP contribution in [0.25, 0.3) is 11.0 Å². The van der Waals surface area contributed by atoms with Gasteiger partial charge in [-0.15, -0.1) is 0 Å². The Hall–Kier alpha value is -5.67. The van der Waals surface area contributed by atoms with Crippen LogP contribution in [0.2, 0.25) is 0 Å². The Balaban J connectivity index is 1.42. The fraction of sp³-hybridized carbons (Fsp3) is 0.321. The molecule has 0 bridgehead atoms. The maximum Gasteiger partial charge on any atom is 0.296 e. The highest BCUT2D eigenvalue weighted by molar-refractivity contribution is 6.04. The lowest BCUT2D eigenvalue weighted by Gasteiger charge is -2.27. The number of carbonyl (C=O) groups excluding carboxylic acids is 3. The molecule has 230 valence electrons. The van der Waals surface area contributed by atoms with Crippen LogP contribution in [0.5, 0.6) is 11.5 Å². The van der Waals surface area contributed by atoms with Crippen molar-refractivity contribution >= 4 is 46.1 Å². The highest BCUT2D eigenvalue weighted by atomic mass is 16.6. The smallest absolute Gasteiger partial charge is 0.296 e. The van der Waals surface area contributed by atoms with Crippen molar-refractivity contribution in [2.24, 2.45) is 11.5 Å². The van der Waals surface area contributed by atoms with Crippen molar-refractivity contribution < 1.29 is 28.8 Å². The number of nitrogens with two attached hydrogens (primary N) is 2. The zero-order valence-corrected chi connectivity index (χ0v) is 24.2. The quantitative estimate of drug-likeness (QED) is 0.105. The van der Waals surface area contributed by atoms with Gasteiger partial charge < -0.3 is 30.8 Å². The van der Waals surface area contributed by atoms with Crippen LogP contribution in [0, 0.1) is 17.0 Å². The molecule has 2 aromatic heterocycles. The molecule has 2 aromatic carbocycles. The molecule has 1 aliphatic heterocycles. The summed E-state index contributed by atoms with van der Waals surface area (Å²) in [5, 5.41) is 22.0. The highest BCUT2D eigenvalue weighted by Crippen LogP contribution is 2.39. The minimum atomic E-state index is -0.817. The largest absolute Gasteiger partial charge is 0.494 e.